The molecular formula is C25H20FN7. The molecule has 0 radical (unpaired) electrons. The van der Waals surface area contributed by atoms with E-state index in [9.17, 15) is 4.39 Å². The molecule has 4 heterocycles. The van der Waals surface area contributed by atoms with Gasteiger partial charge in [0, 0.05) is 30.2 Å². The van der Waals surface area contributed by atoms with Crippen molar-refractivity contribution in [2.45, 2.75) is 19.8 Å². The molecule has 5 aromatic rings. The Morgan fingerprint density at radius 2 is 2.00 bits per heavy atom. The molecule has 0 saturated carbocycles. The molecule has 3 aromatic heterocycles. The highest BCUT2D eigenvalue weighted by molar-refractivity contribution is 5.94. The number of benzene rings is 2. The van der Waals surface area contributed by atoms with Crippen LogP contribution in [0.1, 0.15) is 29.1 Å². The van der Waals surface area contributed by atoms with E-state index in [0.717, 1.165) is 47.2 Å². The van der Waals surface area contributed by atoms with Gasteiger partial charge in [0.25, 0.3) is 5.78 Å². The van der Waals surface area contributed by atoms with Crippen LogP contribution in [-0.2, 0) is 13.5 Å². The Kier molecular flexibility index (Phi) is 4.37. The van der Waals surface area contributed by atoms with E-state index in [2.05, 4.69) is 38.0 Å². The number of hydrogen-bond donors (Lipinski definition) is 0. The number of halogens is 1. The van der Waals surface area contributed by atoms with Gasteiger partial charge in [-0.05, 0) is 61.6 Å². The molecule has 0 atom stereocenters. The Bertz CT molecular complexity index is 1600. The van der Waals surface area contributed by atoms with Crippen LogP contribution in [-0.4, -0.2) is 35.7 Å². The van der Waals surface area contributed by atoms with Crippen LogP contribution in [0.25, 0.3) is 16.7 Å². The summed E-state index contributed by atoms with van der Waals surface area (Å²) in [6.45, 7) is 2.64. The van der Waals surface area contributed by atoms with Gasteiger partial charge in [0.1, 0.15) is 23.2 Å². The summed E-state index contributed by atoms with van der Waals surface area (Å²) in [5, 5.41) is 9.14. The normalized spacial score (nSPS) is 13.2. The summed E-state index contributed by atoms with van der Waals surface area (Å²) >= 11 is 0. The van der Waals surface area contributed by atoms with Crippen molar-refractivity contribution in [1.29, 1.82) is 0 Å². The zero-order valence-electron chi connectivity index (χ0n) is 18.2. The average Bonchev–Trinajstić information content (AvgIpc) is 3.41. The molecular weight excluding hydrogens is 417 g/mol. The average molecular weight is 437 g/mol. The van der Waals surface area contributed by atoms with E-state index >= 15 is 0 Å². The van der Waals surface area contributed by atoms with Crippen molar-refractivity contribution in [3.05, 3.63) is 77.4 Å². The first kappa shape index (κ1) is 19.4. The minimum Gasteiger partial charge on any atom is -0.327 e. The molecule has 0 aliphatic carbocycles. The lowest BCUT2D eigenvalue weighted by molar-refractivity contribution is 0.629. The zero-order chi connectivity index (χ0) is 22.5. The summed E-state index contributed by atoms with van der Waals surface area (Å²) in [6, 6.07) is 10.9. The second-order valence-corrected chi connectivity index (χ2v) is 8.18. The maximum absolute atomic E-state index is 14.3. The van der Waals surface area contributed by atoms with Gasteiger partial charge in [-0.1, -0.05) is 12.0 Å². The summed E-state index contributed by atoms with van der Waals surface area (Å²) in [4.78, 5) is 11.1. The van der Waals surface area contributed by atoms with Gasteiger partial charge in [0.05, 0.1) is 18.0 Å². The number of aromatic nitrogens is 6. The number of fused-ring (bicyclic) bond motifs is 4. The third-order valence-corrected chi connectivity index (χ3v) is 6.10. The number of imidazole rings is 1. The van der Waals surface area contributed by atoms with Crippen molar-refractivity contribution in [3.63, 3.8) is 0 Å². The molecule has 0 fully saturated rings. The minimum atomic E-state index is -0.302. The van der Waals surface area contributed by atoms with Crippen LogP contribution in [0.2, 0.25) is 0 Å². The SMILES string of the molecule is Cc1nnc2nc(N3CCCc4c(C#Cc5cncn5C)cccc43)c3cc(F)ccc3n12. The van der Waals surface area contributed by atoms with Crippen LogP contribution in [0.3, 0.4) is 0 Å². The van der Waals surface area contributed by atoms with Gasteiger partial charge in [0.15, 0.2) is 0 Å². The van der Waals surface area contributed by atoms with Gasteiger partial charge in [0.2, 0.25) is 0 Å². The molecule has 2 aromatic carbocycles. The summed E-state index contributed by atoms with van der Waals surface area (Å²) in [5.74, 6) is 8.14. The lowest BCUT2D eigenvalue weighted by Crippen LogP contribution is -2.26. The number of nitrogens with zero attached hydrogens (tertiary/aromatic N) is 7. The Morgan fingerprint density at radius 1 is 1.09 bits per heavy atom. The lowest BCUT2D eigenvalue weighted by Gasteiger charge is -2.32. The molecule has 0 bridgehead atoms. The summed E-state index contributed by atoms with van der Waals surface area (Å²) < 4.78 is 18.1. The van der Waals surface area contributed by atoms with Crippen LogP contribution in [0.15, 0.2) is 48.9 Å². The summed E-state index contributed by atoms with van der Waals surface area (Å²) in [5.41, 5.74) is 4.88. The lowest BCUT2D eigenvalue weighted by atomic mass is 9.96. The largest absolute Gasteiger partial charge is 0.327 e. The maximum Gasteiger partial charge on any atom is 0.257 e. The Labute approximate surface area is 189 Å². The monoisotopic (exact) mass is 437 g/mol. The first-order valence-electron chi connectivity index (χ1n) is 10.8. The Balaban J connectivity index is 1.54. The van der Waals surface area contributed by atoms with E-state index in [1.807, 2.05) is 35.1 Å². The third-order valence-electron chi connectivity index (χ3n) is 6.10. The molecule has 0 unspecified atom stereocenters. The van der Waals surface area contributed by atoms with E-state index in [-0.39, 0.29) is 5.82 Å². The van der Waals surface area contributed by atoms with Crippen molar-refractivity contribution < 1.29 is 4.39 Å². The second-order valence-electron chi connectivity index (χ2n) is 8.18. The van der Waals surface area contributed by atoms with E-state index in [4.69, 9.17) is 4.98 Å². The molecule has 0 N–H and O–H groups in total. The Hall–Kier alpha value is -4.25. The molecule has 6 rings (SSSR count). The minimum absolute atomic E-state index is 0.302. The summed E-state index contributed by atoms with van der Waals surface area (Å²) in [6.07, 6.45) is 5.35. The van der Waals surface area contributed by atoms with Gasteiger partial charge in [-0.2, -0.15) is 4.98 Å². The highest BCUT2D eigenvalue weighted by Crippen LogP contribution is 2.38. The fourth-order valence-corrected chi connectivity index (χ4v) is 4.52. The van der Waals surface area contributed by atoms with Crippen LogP contribution >= 0.6 is 0 Å². The highest BCUT2D eigenvalue weighted by Gasteiger charge is 2.24. The third kappa shape index (κ3) is 3.12. The van der Waals surface area contributed by atoms with Crippen LogP contribution < -0.4 is 4.90 Å². The molecule has 7 nitrogen and oxygen atoms in total. The topological polar surface area (TPSA) is 64.1 Å². The maximum atomic E-state index is 14.3. The van der Waals surface area contributed by atoms with E-state index in [0.29, 0.717) is 17.4 Å². The highest BCUT2D eigenvalue weighted by atomic mass is 19.1. The van der Waals surface area contributed by atoms with E-state index < -0.39 is 0 Å². The fraction of sp³-hybridized carbons (Fsp3) is 0.200. The molecule has 0 spiro atoms. The van der Waals surface area contributed by atoms with Crippen LogP contribution in [0.4, 0.5) is 15.9 Å². The van der Waals surface area contributed by atoms with Crippen molar-refractivity contribution in [1.82, 2.24) is 29.1 Å². The number of hydrogen-bond acceptors (Lipinski definition) is 5. The van der Waals surface area contributed by atoms with Crippen molar-refractivity contribution in [2.75, 3.05) is 11.4 Å². The molecule has 1 aliphatic rings. The van der Waals surface area contributed by atoms with Crippen molar-refractivity contribution in [3.8, 4) is 11.8 Å². The van der Waals surface area contributed by atoms with Crippen molar-refractivity contribution >= 4 is 28.2 Å². The molecule has 162 valence electrons. The van der Waals surface area contributed by atoms with Gasteiger partial charge < -0.3 is 9.47 Å². The number of anilines is 2. The smallest absolute Gasteiger partial charge is 0.257 e. The van der Waals surface area contributed by atoms with Gasteiger partial charge in [-0.15, -0.1) is 10.2 Å². The second kappa shape index (κ2) is 7.41. The zero-order valence-corrected chi connectivity index (χ0v) is 18.2. The molecule has 1 aliphatic heterocycles. The fourth-order valence-electron chi connectivity index (χ4n) is 4.52. The van der Waals surface area contributed by atoms with Crippen LogP contribution in [0, 0.1) is 24.6 Å². The number of aryl methyl sites for hydroxylation is 2. The predicted octanol–water partition coefficient (Wildman–Crippen LogP) is 3.94. The molecule has 0 amide bonds. The first-order valence-corrected chi connectivity index (χ1v) is 10.8. The quantitative estimate of drug-likeness (QED) is 0.372. The van der Waals surface area contributed by atoms with Gasteiger partial charge in [-0.25, -0.2) is 9.37 Å². The standard InChI is InChI=1S/C25H20FN7/c1-16-29-30-25-28-24(21-13-18(26)9-11-23(21)33(16)25)32-12-4-6-20-17(5-3-7-22(20)32)8-10-19-14-27-15-31(19)2/h3,5,7,9,11,13-15H,4,6,12H2,1-2H3. The Morgan fingerprint density at radius 3 is 2.85 bits per heavy atom. The first-order chi connectivity index (χ1) is 16.1. The van der Waals surface area contributed by atoms with E-state index in [1.165, 1.54) is 17.7 Å². The van der Waals surface area contributed by atoms with Crippen molar-refractivity contribution in [2.24, 2.45) is 7.05 Å². The molecule has 0 saturated heterocycles. The van der Waals surface area contributed by atoms with Gasteiger partial charge >= 0.3 is 0 Å². The summed E-state index contributed by atoms with van der Waals surface area (Å²) in [7, 11) is 1.93. The van der Waals surface area contributed by atoms with Gasteiger partial charge in [-0.3, -0.25) is 4.40 Å². The molecule has 33 heavy (non-hydrogen) atoms. The predicted molar refractivity (Wildman–Crippen MR) is 124 cm³/mol. The molecule has 8 heteroatoms. The van der Waals surface area contributed by atoms with E-state index in [1.54, 1.807) is 18.6 Å². The van der Waals surface area contributed by atoms with Crippen LogP contribution in [0.5, 0.6) is 0 Å². The number of rotatable bonds is 1.